The number of nitrogens with zero attached hydrogens (tertiary/aromatic N) is 1. The lowest BCUT2D eigenvalue weighted by molar-refractivity contribution is -0.113. The molecule has 1 saturated heterocycles. The second kappa shape index (κ2) is 4.89. The standard InChI is InChI=1S/C15H16FNO3/c16-12-1-3-13(4-2-12)17-10-15(20-14(17)19)7-5-11(9-18)6-8-15/h1-4,9,11H,5-8,10H2. The topological polar surface area (TPSA) is 46.6 Å². The van der Waals surface area contributed by atoms with Crippen LogP contribution in [0.25, 0.3) is 0 Å². The lowest BCUT2D eigenvalue weighted by Gasteiger charge is -2.33. The van der Waals surface area contributed by atoms with E-state index in [0.29, 0.717) is 25.1 Å². The van der Waals surface area contributed by atoms with Crippen molar-refractivity contribution in [2.75, 3.05) is 11.4 Å². The van der Waals surface area contributed by atoms with Crippen molar-refractivity contribution in [3.05, 3.63) is 30.1 Å². The van der Waals surface area contributed by atoms with Gasteiger partial charge in [-0.25, -0.2) is 9.18 Å². The number of benzene rings is 1. The molecule has 106 valence electrons. The van der Waals surface area contributed by atoms with E-state index >= 15 is 0 Å². The van der Waals surface area contributed by atoms with Crippen LogP contribution in [0.2, 0.25) is 0 Å². The maximum atomic E-state index is 12.9. The molecule has 1 heterocycles. The third kappa shape index (κ3) is 2.28. The van der Waals surface area contributed by atoms with Crippen LogP contribution in [0.1, 0.15) is 25.7 Å². The molecule has 0 atom stereocenters. The van der Waals surface area contributed by atoms with Gasteiger partial charge in [0.1, 0.15) is 17.7 Å². The molecule has 0 unspecified atom stereocenters. The lowest BCUT2D eigenvalue weighted by Crippen LogP contribution is -2.38. The van der Waals surface area contributed by atoms with Gasteiger partial charge in [0.15, 0.2) is 0 Å². The SMILES string of the molecule is O=CC1CCC2(CC1)CN(c1ccc(F)cc1)C(=O)O2. The van der Waals surface area contributed by atoms with Gasteiger partial charge in [-0.05, 0) is 49.9 Å². The second-order valence-corrected chi connectivity index (χ2v) is 5.59. The summed E-state index contributed by atoms with van der Waals surface area (Å²) in [7, 11) is 0. The third-order valence-electron chi connectivity index (χ3n) is 4.24. The normalized spacial score (nSPS) is 29.6. The van der Waals surface area contributed by atoms with Gasteiger partial charge >= 0.3 is 6.09 Å². The van der Waals surface area contributed by atoms with E-state index in [1.807, 2.05) is 0 Å². The van der Waals surface area contributed by atoms with Crippen LogP contribution in [0.5, 0.6) is 0 Å². The molecular formula is C15H16FNO3. The van der Waals surface area contributed by atoms with Gasteiger partial charge in [-0.15, -0.1) is 0 Å². The zero-order valence-electron chi connectivity index (χ0n) is 11.0. The summed E-state index contributed by atoms with van der Waals surface area (Å²) in [6, 6.07) is 5.81. The van der Waals surface area contributed by atoms with E-state index < -0.39 is 5.60 Å². The molecule has 4 nitrogen and oxygen atoms in total. The van der Waals surface area contributed by atoms with Gasteiger partial charge in [-0.2, -0.15) is 0 Å². The lowest BCUT2D eigenvalue weighted by atomic mass is 9.79. The number of rotatable bonds is 2. The van der Waals surface area contributed by atoms with Gasteiger partial charge in [0.25, 0.3) is 0 Å². The van der Waals surface area contributed by atoms with Crippen LogP contribution in [-0.2, 0) is 9.53 Å². The summed E-state index contributed by atoms with van der Waals surface area (Å²) >= 11 is 0. The molecule has 0 N–H and O–H groups in total. The minimum atomic E-state index is -0.481. The first kappa shape index (κ1) is 13.1. The van der Waals surface area contributed by atoms with Crippen molar-refractivity contribution in [2.45, 2.75) is 31.3 Å². The van der Waals surface area contributed by atoms with E-state index in [1.54, 1.807) is 17.0 Å². The molecule has 2 fully saturated rings. The summed E-state index contributed by atoms with van der Waals surface area (Å²) in [6.45, 7) is 0.475. The third-order valence-corrected chi connectivity index (χ3v) is 4.24. The van der Waals surface area contributed by atoms with E-state index in [0.717, 1.165) is 19.1 Å². The Morgan fingerprint density at radius 3 is 2.50 bits per heavy atom. The number of anilines is 1. The maximum absolute atomic E-state index is 12.9. The average Bonchev–Trinajstić information content (AvgIpc) is 2.77. The highest BCUT2D eigenvalue weighted by molar-refractivity contribution is 5.90. The predicted molar refractivity (Wildman–Crippen MR) is 71.0 cm³/mol. The summed E-state index contributed by atoms with van der Waals surface area (Å²) in [5.74, 6) is -0.248. The van der Waals surface area contributed by atoms with E-state index in [-0.39, 0.29) is 17.8 Å². The molecule has 1 spiro atoms. The van der Waals surface area contributed by atoms with E-state index in [2.05, 4.69) is 0 Å². The Morgan fingerprint density at radius 2 is 1.90 bits per heavy atom. The van der Waals surface area contributed by atoms with Crippen molar-refractivity contribution in [2.24, 2.45) is 5.92 Å². The van der Waals surface area contributed by atoms with Crippen LogP contribution in [0, 0.1) is 11.7 Å². The highest BCUT2D eigenvalue weighted by atomic mass is 19.1. The van der Waals surface area contributed by atoms with Crippen LogP contribution >= 0.6 is 0 Å². The Morgan fingerprint density at radius 1 is 1.25 bits per heavy atom. The molecule has 1 saturated carbocycles. The first-order valence-corrected chi connectivity index (χ1v) is 6.83. The molecule has 0 aromatic heterocycles. The van der Waals surface area contributed by atoms with Crippen molar-refractivity contribution >= 4 is 18.1 Å². The first-order chi connectivity index (χ1) is 9.62. The van der Waals surface area contributed by atoms with Gasteiger partial charge in [0.05, 0.1) is 6.54 Å². The first-order valence-electron chi connectivity index (χ1n) is 6.83. The Balaban J connectivity index is 1.75. The monoisotopic (exact) mass is 277 g/mol. The smallest absolute Gasteiger partial charge is 0.415 e. The van der Waals surface area contributed by atoms with Gasteiger partial charge in [0, 0.05) is 11.6 Å². The minimum absolute atomic E-state index is 0.0826. The molecule has 1 aromatic rings. The van der Waals surface area contributed by atoms with E-state index in [9.17, 15) is 14.0 Å². The molecule has 5 heteroatoms. The molecule has 1 aliphatic heterocycles. The minimum Gasteiger partial charge on any atom is -0.441 e. The Bertz CT molecular complexity index is 520. The molecule has 0 bridgehead atoms. The molecular weight excluding hydrogens is 261 g/mol. The number of amides is 1. The Hall–Kier alpha value is -1.91. The van der Waals surface area contributed by atoms with Gasteiger partial charge in [0.2, 0.25) is 0 Å². The molecule has 3 rings (SSSR count). The van der Waals surface area contributed by atoms with Crippen molar-refractivity contribution in [3.8, 4) is 0 Å². The largest absolute Gasteiger partial charge is 0.441 e. The predicted octanol–water partition coefficient (Wildman–Crippen LogP) is 2.91. The highest BCUT2D eigenvalue weighted by Gasteiger charge is 2.47. The van der Waals surface area contributed by atoms with Crippen molar-refractivity contribution in [1.82, 2.24) is 0 Å². The maximum Gasteiger partial charge on any atom is 0.415 e. The number of carbonyl (C=O) groups is 2. The summed E-state index contributed by atoms with van der Waals surface area (Å²) in [5, 5.41) is 0. The number of halogens is 1. The highest BCUT2D eigenvalue weighted by Crippen LogP contribution is 2.40. The number of ether oxygens (including phenoxy) is 1. The van der Waals surface area contributed by atoms with Crippen molar-refractivity contribution in [1.29, 1.82) is 0 Å². The van der Waals surface area contributed by atoms with Crippen LogP contribution in [-0.4, -0.2) is 24.5 Å². The van der Waals surface area contributed by atoms with Crippen LogP contribution in [0.3, 0.4) is 0 Å². The fraction of sp³-hybridized carbons (Fsp3) is 0.467. The fourth-order valence-electron chi connectivity index (χ4n) is 3.01. The summed E-state index contributed by atoms with van der Waals surface area (Å²) in [6.07, 6.45) is 3.53. The van der Waals surface area contributed by atoms with E-state index in [1.165, 1.54) is 12.1 Å². The van der Waals surface area contributed by atoms with Crippen molar-refractivity contribution in [3.63, 3.8) is 0 Å². The zero-order valence-corrected chi connectivity index (χ0v) is 11.0. The number of hydrogen-bond donors (Lipinski definition) is 0. The molecule has 2 aliphatic rings. The molecule has 1 amide bonds. The van der Waals surface area contributed by atoms with E-state index in [4.69, 9.17) is 4.74 Å². The summed E-state index contributed by atoms with van der Waals surface area (Å²) in [4.78, 5) is 24.4. The molecule has 20 heavy (non-hydrogen) atoms. The van der Waals surface area contributed by atoms with Gasteiger partial charge < -0.3 is 9.53 Å². The van der Waals surface area contributed by atoms with Crippen molar-refractivity contribution < 1.29 is 18.7 Å². The van der Waals surface area contributed by atoms with Crippen LogP contribution < -0.4 is 4.90 Å². The average molecular weight is 277 g/mol. The van der Waals surface area contributed by atoms with Gasteiger partial charge in [-0.3, -0.25) is 4.90 Å². The molecule has 1 aromatic carbocycles. The number of hydrogen-bond acceptors (Lipinski definition) is 3. The number of aldehydes is 1. The Kier molecular flexibility index (Phi) is 3.20. The van der Waals surface area contributed by atoms with Crippen LogP contribution in [0.4, 0.5) is 14.9 Å². The summed E-state index contributed by atoms with van der Waals surface area (Å²) < 4.78 is 18.5. The Labute approximate surface area is 116 Å². The number of carbonyl (C=O) groups excluding carboxylic acids is 2. The fourth-order valence-corrected chi connectivity index (χ4v) is 3.01. The zero-order chi connectivity index (χ0) is 14.2. The van der Waals surface area contributed by atoms with Gasteiger partial charge in [-0.1, -0.05) is 0 Å². The van der Waals surface area contributed by atoms with Crippen LogP contribution in [0.15, 0.2) is 24.3 Å². The quantitative estimate of drug-likeness (QED) is 0.781. The molecule has 0 radical (unpaired) electrons. The summed E-state index contributed by atoms with van der Waals surface area (Å²) in [5.41, 5.74) is 0.163. The second-order valence-electron chi connectivity index (χ2n) is 5.59. The molecule has 1 aliphatic carbocycles.